The van der Waals surface area contributed by atoms with Crippen LogP contribution in [0.3, 0.4) is 0 Å². The van der Waals surface area contributed by atoms with Gasteiger partial charge in [0.25, 0.3) is 0 Å². The second-order valence-corrected chi connectivity index (χ2v) is 5.08. The summed E-state index contributed by atoms with van der Waals surface area (Å²) in [7, 11) is 1.80. The largest absolute Gasteiger partial charge is 0.486 e. The molecule has 2 aromatic rings. The van der Waals surface area contributed by atoms with Gasteiger partial charge in [0, 0.05) is 7.05 Å². The first-order valence-electron chi connectivity index (χ1n) is 5.86. The van der Waals surface area contributed by atoms with Gasteiger partial charge in [-0.3, -0.25) is 0 Å². The lowest BCUT2D eigenvalue weighted by atomic mass is 10.1. The van der Waals surface area contributed by atoms with Gasteiger partial charge >= 0.3 is 0 Å². The Morgan fingerprint density at radius 3 is 2.84 bits per heavy atom. The van der Waals surface area contributed by atoms with Crippen molar-refractivity contribution in [3.63, 3.8) is 0 Å². The minimum atomic E-state index is -0.372. The van der Waals surface area contributed by atoms with Crippen LogP contribution in [0.2, 0.25) is 0 Å². The van der Waals surface area contributed by atoms with Crippen molar-refractivity contribution >= 4 is 15.9 Å². The van der Waals surface area contributed by atoms with Crippen molar-refractivity contribution in [2.45, 2.75) is 12.1 Å². The zero-order valence-electron chi connectivity index (χ0n) is 10.3. The van der Waals surface area contributed by atoms with Crippen LogP contribution in [0, 0.1) is 0 Å². The minimum absolute atomic E-state index is 0.275. The highest BCUT2D eigenvalue weighted by molar-refractivity contribution is 9.10. The first kappa shape index (κ1) is 12.4. The Labute approximate surface area is 118 Å². The third kappa shape index (κ3) is 2.19. The fourth-order valence-electron chi connectivity index (χ4n) is 2.08. The number of nitrogens with zero attached hydrogens (tertiary/aromatic N) is 3. The quantitative estimate of drug-likeness (QED) is 0.904. The zero-order valence-corrected chi connectivity index (χ0v) is 11.9. The second-order valence-electron chi connectivity index (χ2n) is 4.33. The molecule has 0 aliphatic carbocycles. The van der Waals surface area contributed by atoms with E-state index in [1.165, 1.54) is 0 Å². The lowest BCUT2D eigenvalue weighted by Gasteiger charge is -2.30. The average molecular weight is 325 g/mol. The van der Waals surface area contributed by atoms with Gasteiger partial charge in [-0.15, -0.1) is 5.10 Å². The molecular formula is C12H13BrN4O2. The molecule has 0 radical (unpaired) electrons. The molecule has 0 spiro atoms. The zero-order chi connectivity index (χ0) is 13.4. The van der Waals surface area contributed by atoms with Crippen LogP contribution in [-0.2, 0) is 7.05 Å². The van der Waals surface area contributed by atoms with Gasteiger partial charge in [0.1, 0.15) is 6.61 Å². The first-order chi connectivity index (χ1) is 9.16. The van der Waals surface area contributed by atoms with Crippen molar-refractivity contribution in [2.24, 2.45) is 12.8 Å². The summed E-state index contributed by atoms with van der Waals surface area (Å²) in [6.45, 7) is 0.399. The summed E-state index contributed by atoms with van der Waals surface area (Å²) in [5.74, 6) is 1.45. The van der Waals surface area contributed by atoms with Crippen molar-refractivity contribution in [1.82, 2.24) is 15.0 Å². The normalized spacial score (nSPS) is 19.2. The Morgan fingerprint density at radius 2 is 2.16 bits per heavy atom. The molecule has 1 aromatic heterocycles. The lowest BCUT2D eigenvalue weighted by molar-refractivity contribution is 0.0700. The number of halogens is 1. The average Bonchev–Trinajstić information content (AvgIpc) is 2.77. The van der Waals surface area contributed by atoms with Crippen LogP contribution in [0.25, 0.3) is 0 Å². The van der Waals surface area contributed by atoms with E-state index in [0.717, 1.165) is 11.4 Å². The number of benzene rings is 1. The lowest BCUT2D eigenvalue weighted by Crippen LogP contribution is -2.40. The van der Waals surface area contributed by atoms with Gasteiger partial charge in [0.2, 0.25) is 0 Å². The molecule has 1 aromatic carbocycles. The number of ether oxygens (including phenoxy) is 2. The maximum absolute atomic E-state index is 6.24. The predicted octanol–water partition coefficient (Wildman–Crippen LogP) is 1.42. The van der Waals surface area contributed by atoms with Crippen molar-refractivity contribution in [3.05, 3.63) is 34.6 Å². The standard InChI is InChI=1S/C12H13BrN4O2/c1-17-11(12(13)15-16-17)10(14)9-6-18-7-4-2-3-5-8(7)19-9/h2-5,9-10H,6,14H2,1H3. The van der Waals surface area contributed by atoms with E-state index in [9.17, 15) is 0 Å². The Balaban J connectivity index is 1.85. The Morgan fingerprint density at radius 1 is 1.42 bits per heavy atom. The minimum Gasteiger partial charge on any atom is -0.486 e. The van der Waals surface area contributed by atoms with E-state index < -0.39 is 0 Å². The van der Waals surface area contributed by atoms with Gasteiger partial charge in [-0.05, 0) is 28.1 Å². The molecule has 2 heterocycles. The van der Waals surface area contributed by atoms with Crippen molar-refractivity contribution < 1.29 is 9.47 Å². The van der Waals surface area contributed by atoms with E-state index in [0.29, 0.717) is 17.0 Å². The highest BCUT2D eigenvalue weighted by Gasteiger charge is 2.31. The number of para-hydroxylation sites is 2. The first-order valence-corrected chi connectivity index (χ1v) is 6.65. The number of fused-ring (bicyclic) bond motifs is 1. The summed E-state index contributed by atoms with van der Waals surface area (Å²) in [4.78, 5) is 0. The summed E-state index contributed by atoms with van der Waals surface area (Å²) in [6, 6.07) is 7.17. The number of aromatic nitrogens is 3. The molecule has 3 rings (SSSR count). The Kier molecular flexibility index (Phi) is 3.16. The van der Waals surface area contributed by atoms with E-state index in [1.54, 1.807) is 11.7 Å². The molecule has 0 amide bonds. The molecule has 19 heavy (non-hydrogen) atoms. The van der Waals surface area contributed by atoms with Crippen LogP contribution in [0.1, 0.15) is 11.7 Å². The van der Waals surface area contributed by atoms with Gasteiger partial charge in [0.05, 0.1) is 11.7 Å². The van der Waals surface area contributed by atoms with E-state index in [1.807, 2.05) is 24.3 Å². The summed E-state index contributed by atoms with van der Waals surface area (Å²) < 4.78 is 13.8. The molecule has 7 heteroatoms. The highest BCUT2D eigenvalue weighted by Crippen LogP contribution is 2.34. The number of rotatable bonds is 2. The molecule has 0 bridgehead atoms. The molecule has 0 fully saturated rings. The third-order valence-electron chi connectivity index (χ3n) is 3.07. The van der Waals surface area contributed by atoms with Crippen LogP contribution < -0.4 is 15.2 Å². The second kappa shape index (κ2) is 4.82. The van der Waals surface area contributed by atoms with Crippen LogP contribution >= 0.6 is 15.9 Å². The monoisotopic (exact) mass is 324 g/mol. The maximum atomic E-state index is 6.24. The summed E-state index contributed by atoms with van der Waals surface area (Å²) in [5, 5.41) is 7.85. The van der Waals surface area contributed by atoms with Crippen molar-refractivity contribution in [1.29, 1.82) is 0 Å². The maximum Gasteiger partial charge on any atom is 0.161 e. The topological polar surface area (TPSA) is 75.2 Å². The molecule has 100 valence electrons. The predicted molar refractivity (Wildman–Crippen MR) is 72.0 cm³/mol. The number of aryl methyl sites for hydroxylation is 1. The molecule has 0 saturated carbocycles. The van der Waals surface area contributed by atoms with Crippen LogP contribution in [0.5, 0.6) is 11.5 Å². The third-order valence-corrected chi connectivity index (χ3v) is 3.64. The van der Waals surface area contributed by atoms with E-state index in [4.69, 9.17) is 15.2 Å². The van der Waals surface area contributed by atoms with Gasteiger partial charge < -0.3 is 15.2 Å². The summed E-state index contributed by atoms with van der Waals surface area (Å²) >= 11 is 3.35. The van der Waals surface area contributed by atoms with Gasteiger partial charge in [-0.2, -0.15) is 0 Å². The van der Waals surface area contributed by atoms with Crippen molar-refractivity contribution in [3.8, 4) is 11.5 Å². The van der Waals surface area contributed by atoms with E-state index in [2.05, 4.69) is 26.2 Å². The van der Waals surface area contributed by atoms with Crippen LogP contribution in [-0.4, -0.2) is 27.7 Å². The van der Waals surface area contributed by atoms with Crippen LogP contribution in [0.4, 0.5) is 0 Å². The number of nitrogens with two attached hydrogens (primary N) is 1. The Bertz CT molecular complexity index is 582. The molecule has 1 aliphatic rings. The molecule has 2 atom stereocenters. The van der Waals surface area contributed by atoms with E-state index >= 15 is 0 Å². The SMILES string of the molecule is Cn1nnc(Br)c1C(N)C1COc2ccccc2O1. The van der Waals surface area contributed by atoms with Crippen LogP contribution in [0.15, 0.2) is 28.9 Å². The molecule has 2 unspecified atom stereocenters. The fraction of sp³-hybridized carbons (Fsp3) is 0.333. The molecule has 1 aliphatic heterocycles. The number of hydrogen-bond donors (Lipinski definition) is 1. The number of hydrogen-bond acceptors (Lipinski definition) is 5. The summed E-state index contributed by atoms with van der Waals surface area (Å²) in [6.07, 6.45) is -0.275. The fourth-order valence-corrected chi connectivity index (χ4v) is 2.67. The Hall–Kier alpha value is -1.60. The van der Waals surface area contributed by atoms with E-state index in [-0.39, 0.29) is 12.1 Å². The van der Waals surface area contributed by atoms with Gasteiger partial charge in [0.15, 0.2) is 22.2 Å². The molecular weight excluding hydrogens is 312 g/mol. The molecule has 6 nitrogen and oxygen atoms in total. The highest BCUT2D eigenvalue weighted by atomic mass is 79.9. The molecule has 0 saturated heterocycles. The summed E-state index contributed by atoms with van der Waals surface area (Å²) in [5.41, 5.74) is 7.02. The molecule has 2 N–H and O–H groups in total. The smallest absolute Gasteiger partial charge is 0.161 e. The van der Waals surface area contributed by atoms with Gasteiger partial charge in [-0.1, -0.05) is 17.3 Å². The van der Waals surface area contributed by atoms with Crippen molar-refractivity contribution in [2.75, 3.05) is 6.61 Å². The van der Waals surface area contributed by atoms with Gasteiger partial charge in [-0.25, -0.2) is 4.68 Å².